The number of nitrogens with two attached hydrogens (primary N) is 1. The Kier molecular flexibility index (Phi) is 1.47. The summed E-state index contributed by atoms with van der Waals surface area (Å²) in [6.07, 6.45) is 2.07. The second-order valence-electron chi connectivity index (χ2n) is 3.89. The van der Waals surface area contributed by atoms with Crippen LogP contribution in [0.15, 0.2) is 18.2 Å². The summed E-state index contributed by atoms with van der Waals surface area (Å²) in [6.45, 7) is 0. The summed E-state index contributed by atoms with van der Waals surface area (Å²) in [6, 6.07) is 5.95. The number of aromatic nitrogens is 2. The molecule has 72 valence electrons. The minimum atomic E-state index is -0.160. The maximum atomic E-state index is 6.16. The lowest BCUT2D eigenvalue weighted by atomic mass is 10.0. The fourth-order valence-corrected chi connectivity index (χ4v) is 2.09. The molecule has 1 aromatic heterocycles. The van der Waals surface area contributed by atoms with Gasteiger partial charge in [-0.2, -0.15) is 5.10 Å². The largest absolute Gasteiger partial charge is 0.321 e. The van der Waals surface area contributed by atoms with Gasteiger partial charge in [0.05, 0.1) is 5.52 Å². The second kappa shape index (κ2) is 2.49. The lowest BCUT2D eigenvalue weighted by molar-refractivity contribution is 0.748. The molecule has 1 aromatic carbocycles. The Labute approximate surface area is 86.2 Å². The van der Waals surface area contributed by atoms with E-state index in [-0.39, 0.29) is 5.54 Å². The van der Waals surface area contributed by atoms with Gasteiger partial charge in [0, 0.05) is 10.9 Å². The number of nitrogens with zero attached hydrogens (tertiary/aromatic N) is 1. The van der Waals surface area contributed by atoms with E-state index in [9.17, 15) is 0 Å². The predicted octanol–water partition coefficient (Wildman–Crippen LogP) is 2.16. The van der Waals surface area contributed by atoms with Crippen molar-refractivity contribution in [2.75, 3.05) is 0 Å². The molecule has 1 fully saturated rings. The van der Waals surface area contributed by atoms with Crippen molar-refractivity contribution in [2.24, 2.45) is 5.73 Å². The van der Waals surface area contributed by atoms with Crippen LogP contribution in [0.5, 0.6) is 0 Å². The van der Waals surface area contributed by atoms with Crippen LogP contribution in [0.1, 0.15) is 18.4 Å². The van der Waals surface area contributed by atoms with Crippen LogP contribution in [0.25, 0.3) is 10.9 Å². The zero-order valence-electron chi connectivity index (χ0n) is 7.55. The van der Waals surface area contributed by atoms with Crippen LogP contribution in [0.4, 0.5) is 0 Å². The van der Waals surface area contributed by atoms with E-state index in [1.54, 1.807) is 0 Å². The first-order valence-electron chi connectivity index (χ1n) is 4.63. The van der Waals surface area contributed by atoms with E-state index >= 15 is 0 Å². The average Bonchev–Trinajstić information content (AvgIpc) is 2.83. The number of hydrogen-bond donors (Lipinski definition) is 2. The van der Waals surface area contributed by atoms with Crippen LogP contribution >= 0.6 is 11.6 Å². The van der Waals surface area contributed by atoms with Crippen LogP contribution < -0.4 is 5.73 Å². The van der Waals surface area contributed by atoms with Crippen molar-refractivity contribution in [1.82, 2.24) is 10.2 Å². The lowest BCUT2D eigenvalue weighted by Crippen LogP contribution is -2.18. The van der Waals surface area contributed by atoms with Crippen LogP contribution in [-0.4, -0.2) is 10.2 Å². The van der Waals surface area contributed by atoms with Gasteiger partial charge in [-0.3, -0.25) is 5.10 Å². The molecule has 1 aliphatic rings. The summed E-state index contributed by atoms with van der Waals surface area (Å²) in [5.74, 6) is 0. The first kappa shape index (κ1) is 8.26. The molecule has 0 amide bonds. The van der Waals surface area contributed by atoms with Crippen LogP contribution in [-0.2, 0) is 5.54 Å². The van der Waals surface area contributed by atoms with E-state index in [4.69, 9.17) is 17.3 Å². The number of H-pyrrole nitrogens is 1. The SMILES string of the molecule is NC1(c2cccc3n[nH]c(Cl)c23)CC1. The molecule has 0 radical (unpaired) electrons. The van der Waals surface area contributed by atoms with Crippen molar-refractivity contribution in [3.05, 3.63) is 28.9 Å². The smallest absolute Gasteiger partial charge is 0.132 e. The molecule has 0 bridgehead atoms. The number of fused-ring (bicyclic) bond motifs is 1. The van der Waals surface area contributed by atoms with E-state index in [1.807, 2.05) is 18.2 Å². The Morgan fingerprint density at radius 1 is 1.43 bits per heavy atom. The number of benzene rings is 1. The molecule has 0 aliphatic heterocycles. The predicted molar refractivity (Wildman–Crippen MR) is 56.2 cm³/mol. The first-order chi connectivity index (χ1) is 6.71. The molecule has 0 atom stereocenters. The van der Waals surface area contributed by atoms with Gasteiger partial charge in [0.25, 0.3) is 0 Å². The van der Waals surface area contributed by atoms with Gasteiger partial charge in [0.15, 0.2) is 0 Å². The van der Waals surface area contributed by atoms with Crippen LogP contribution in [0.2, 0.25) is 5.15 Å². The van der Waals surface area contributed by atoms with Crippen molar-refractivity contribution in [2.45, 2.75) is 18.4 Å². The van der Waals surface area contributed by atoms with Crippen molar-refractivity contribution in [3.63, 3.8) is 0 Å². The van der Waals surface area contributed by atoms with Gasteiger partial charge >= 0.3 is 0 Å². The Balaban J connectivity index is 2.37. The Hall–Kier alpha value is -1.06. The van der Waals surface area contributed by atoms with Crippen molar-refractivity contribution in [3.8, 4) is 0 Å². The highest BCUT2D eigenvalue weighted by Gasteiger charge is 2.41. The molecule has 3 rings (SSSR count). The molecule has 0 saturated heterocycles. The van der Waals surface area contributed by atoms with E-state index in [0.29, 0.717) is 5.15 Å². The van der Waals surface area contributed by atoms with E-state index in [0.717, 1.165) is 29.3 Å². The summed E-state index contributed by atoms with van der Waals surface area (Å²) >= 11 is 6.04. The highest BCUT2D eigenvalue weighted by molar-refractivity contribution is 6.34. The van der Waals surface area contributed by atoms with Gasteiger partial charge in [-0.1, -0.05) is 23.7 Å². The molecule has 0 spiro atoms. The highest BCUT2D eigenvalue weighted by atomic mass is 35.5. The van der Waals surface area contributed by atoms with Gasteiger partial charge in [0.2, 0.25) is 0 Å². The standard InChI is InChI=1S/C10H10ClN3/c11-9-8-6(10(12)4-5-10)2-1-3-7(8)13-14-9/h1-3H,4-5,12H2,(H,13,14). The Bertz CT molecular complexity index is 499. The Morgan fingerprint density at radius 3 is 2.93 bits per heavy atom. The monoisotopic (exact) mass is 207 g/mol. The Morgan fingerprint density at radius 2 is 2.21 bits per heavy atom. The lowest BCUT2D eigenvalue weighted by Gasteiger charge is -2.09. The zero-order valence-corrected chi connectivity index (χ0v) is 8.30. The number of aromatic amines is 1. The van der Waals surface area contributed by atoms with Gasteiger partial charge in [0.1, 0.15) is 5.15 Å². The molecule has 1 aliphatic carbocycles. The minimum Gasteiger partial charge on any atom is -0.321 e. The molecule has 14 heavy (non-hydrogen) atoms. The summed E-state index contributed by atoms with van der Waals surface area (Å²) in [5.41, 5.74) is 8.01. The highest BCUT2D eigenvalue weighted by Crippen LogP contribution is 2.46. The van der Waals surface area contributed by atoms with Gasteiger partial charge in [-0.15, -0.1) is 0 Å². The van der Waals surface area contributed by atoms with Crippen LogP contribution in [0, 0.1) is 0 Å². The summed E-state index contributed by atoms with van der Waals surface area (Å²) in [7, 11) is 0. The normalized spacial score (nSPS) is 18.7. The average molecular weight is 208 g/mol. The third-order valence-electron chi connectivity index (χ3n) is 2.86. The number of rotatable bonds is 1. The quantitative estimate of drug-likeness (QED) is 0.753. The third-order valence-corrected chi connectivity index (χ3v) is 3.14. The fraction of sp³-hybridized carbons (Fsp3) is 0.300. The number of nitrogens with one attached hydrogen (secondary N) is 1. The molecule has 3 nitrogen and oxygen atoms in total. The van der Waals surface area contributed by atoms with E-state index < -0.39 is 0 Å². The van der Waals surface area contributed by atoms with E-state index in [1.165, 1.54) is 0 Å². The number of halogens is 1. The molecule has 2 aromatic rings. The summed E-state index contributed by atoms with van der Waals surface area (Å²) in [5, 5.41) is 8.46. The summed E-state index contributed by atoms with van der Waals surface area (Å²) in [4.78, 5) is 0. The molecule has 0 unspecified atom stereocenters. The fourth-order valence-electron chi connectivity index (χ4n) is 1.85. The molecular weight excluding hydrogens is 198 g/mol. The second-order valence-corrected chi connectivity index (χ2v) is 4.27. The van der Waals surface area contributed by atoms with Crippen molar-refractivity contribution in [1.29, 1.82) is 0 Å². The maximum absolute atomic E-state index is 6.16. The molecule has 3 N–H and O–H groups in total. The van der Waals surface area contributed by atoms with Gasteiger partial charge < -0.3 is 5.73 Å². The minimum absolute atomic E-state index is 0.160. The van der Waals surface area contributed by atoms with Crippen LogP contribution in [0.3, 0.4) is 0 Å². The zero-order chi connectivity index (χ0) is 9.76. The number of hydrogen-bond acceptors (Lipinski definition) is 2. The van der Waals surface area contributed by atoms with Gasteiger partial charge in [-0.05, 0) is 24.5 Å². The molecular formula is C10H10ClN3. The maximum Gasteiger partial charge on any atom is 0.132 e. The van der Waals surface area contributed by atoms with Gasteiger partial charge in [-0.25, -0.2) is 0 Å². The first-order valence-corrected chi connectivity index (χ1v) is 5.00. The molecule has 4 heteroatoms. The third kappa shape index (κ3) is 0.996. The van der Waals surface area contributed by atoms with Crippen molar-refractivity contribution < 1.29 is 0 Å². The summed E-state index contributed by atoms with van der Waals surface area (Å²) < 4.78 is 0. The van der Waals surface area contributed by atoms with Crippen molar-refractivity contribution >= 4 is 22.5 Å². The topological polar surface area (TPSA) is 54.7 Å². The van der Waals surface area contributed by atoms with E-state index in [2.05, 4.69) is 10.2 Å². The molecule has 1 saturated carbocycles. The molecule has 1 heterocycles.